The van der Waals surface area contributed by atoms with Crippen molar-refractivity contribution in [2.75, 3.05) is 31.2 Å². The van der Waals surface area contributed by atoms with Crippen LogP contribution < -0.4 is 4.90 Å². The van der Waals surface area contributed by atoms with E-state index in [1.165, 1.54) is 0 Å². The van der Waals surface area contributed by atoms with Gasteiger partial charge >= 0.3 is 0 Å². The summed E-state index contributed by atoms with van der Waals surface area (Å²) in [4.78, 5) is 2.21. The minimum Gasteiger partial charge on any atom is -0.461 e. The van der Waals surface area contributed by atoms with Crippen molar-refractivity contribution in [3.05, 3.63) is 60.5 Å². The smallest absolute Gasteiger partial charge is 0.232 e. The number of para-hydroxylation sites is 1. The minimum absolute atomic E-state index is 0.609. The summed E-state index contributed by atoms with van der Waals surface area (Å²) in [6, 6.07) is 15.7. The maximum absolute atomic E-state index is 5.48. The topological polar surface area (TPSA) is 82.3 Å². The number of anilines is 1. The predicted octanol–water partition coefficient (Wildman–Crippen LogP) is 3.64. The maximum atomic E-state index is 5.48. The fourth-order valence-electron chi connectivity index (χ4n) is 3.18. The van der Waals surface area contributed by atoms with Crippen LogP contribution in [0.3, 0.4) is 0 Å². The second-order valence-electron chi connectivity index (χ2n) is 6.50. The van der Waals surface area contributed by atoms with E-state index in [1.54, 1.807) is 18.0 Å². The van der Waals surface area contributed by atoms with Gasteiger partial charge in [0.1, 0.15) is 0 Å². The first kappa shape index (κ1) is 18.0. The molecule has 4 heterocycles. The van der Waals surface area contributed by atoms with Crippen LogP contribution in [0.1, 0.15) is 5.69 Å². The molecule has 0 atom stereocenters. The van der Waals surface area contributed by atoms with E-state index in [1.807, 2.05) is 36.4 Å². The van der Waals surface area contributed by atoms with Gasteiger partial charge in [0.2, 0.25) is 11.7 Å². The number of hydrogen-bond donors (Lipinski definition) is 0. The zero-order chi connectivity index (χ0) is 19.5. The van der Waals surface area contributed by atoms with Crippen LogP contribution in [0.25, 0.3) is 17.2 Å². The van der Waals surface area contributed by atoms with E-state index in [9.17, 15) is 0 Å². The largest absolute Gasteiger partial charge is 0.461 e. The molecule has 8 nitrogen and oxygen atoms in total. The molecule has 0 N–H and O–H groups in total. The Morgan fingerprint density at radius 1 is 0.966 bits per heavy atom. The third kappa shape index (κ3) is 3.79. The highest BCUT2D eigenvalue weighted by molar-refractivity contribution is 7.98. The van der Waals surface area contributed by atoms with Gasteiger partial charge in [0.05, 0.1) is 30.9 Å². The summed E-state index contributed by atoms with van der Waals surface area (Å²) in [6.45, 7) is 2.98. The molecule has 1 fully saturated rings. The number of hydrogen-bond acceptors (Lipinski definition) is 8. The van der Waals surface area contributed by atoms with Gasteiger partial charge < -0.3 is 18.6 Å². The minimum atomic E-state index is 0.609. The lowest BCUT2D eigenvalue weighted by molar-refractivity contribution is 0.122. The van der Waals surface area contributed by atoms with Gasteiger partial charge in [0, 0.05) is 24.9 Å². The molecule has 4 aromatic rings. The second kappa shape index (κ2) is 8.14. The van der Waals surface area contributed by atoms with Crippen LogP contribution in [0, 0.1) is 0 Å². The van der Waals surface area contributed by atoms with Crippen LogP contribution in [-0.4, -0.2) is 46.2 Å². The van der Waals surface area contributed by atoms with Crippen molar-refractivity contribution in [2.24, 2.45) is 0 Å². The average Bonchev–Trinajstić information content (AvgIpc) is 3.54. The van der Waals surface area contributed by atoms with E-state index in [4.69, 9.17) is 13.7 Å². The molecule has 1 saturated heterocycles. The van der Waals surface area contributed by atoms with Gasteiger partial charge in [-0.05, 0) is 24.3 Å². The van der Waals surface area contributed by atoms with Crippen LogP contribution in [0.5, 0.6) is 0 Å². The molecule has 1 aromatic carbocycles. The second-order valence-corrected chi connectivity index (χ2v) is 7.44. The van der Waals surface area contributed by atoms with E-state index in [2.05, 4.69) is 37.0 Å². The Bertz CT molecular complexity index is 1060. The summed E-state index contributed by atoms with van der Waals surface area (Å²) in [5.41, 5.74) is 1.84. The quantitative estimate of drug-likeness (QED) is 0.447. The van der Waals surface area contributed by atoms with Crippen LogP contribution in [-0.2, 0) is 10.5 Å². The first-order valence-electron chi connectivity index (χ1n) is 9.34. The van der Waals surface area contributed by atoms with Gasteiger partial charge in [-0.2, -0.15) is 0 Å². The Labute approximate surface area is 171 Å². The molecule has 5 rings (SSSR count). The van der Waals surface area contributed by atoms with Gasteiger partial charge in [0.25, 0.3) is 0 Å². The van der Waals surface area contributed by atoms with Gasteiger partial charge in [0.15, 0.2) is 10.9 Å². The van der Waals surface area contributed by atoms with Crippen molar-refractivity contribution in [3.8, 4) is 17.2 Å². The highest BCUT2D eigenvalue weighted by Gasteiger charge is 2.22. The third-order valence-corrected chi connectivity index (χ3v) is 5.56. The Balaban J connectivity index is 1.40. The van der Waals surface area contributed by atoms with Crippen molar-refractivity contribution in [1.29, 1.82) is 0 Å². The normalized spacial score (nSPS) is 14.4. The van der Waals surface area contributed by atoms with Gasteiger partial charge in [-0.15, -0.1) is 10.2 Å². The first-order chi connectivity index (χ1) is 14.4. The Kier molecular flexibility index (Phi) is 5.06. The average molecular weight is 409 g/mol. The van der Waals surface area contributed by atoms with Crippen LogP contribution in [0.15, 0.2) is 68.9 Å². The highest BCUT2D eigenvalue weighted by atomic mass is 32.2. The monoisotopic (exact) mass is 409 g/mol. The molecule has 1 aliphatic rings. The van der Waals surface area contributed by atoms with E-state index in [-0.39, 0.29) is 0 Å². The first-order valence-corrected chi connectivity index (χ1v) is 10.3. The molecule has 0 unspecified atom stereocenters. The van der Waals surface area contributed by atoms with E-state index >= 15 is 0 Å². The fraction of sp³-hybridized carbons (Fsp3) is 0.250. The van der Waals surface area contributed by atoms with Crippen LogP contribution in [0.2, 0.25) is 0 Å². The number of furan rings is 1. The standard InChI is InChI=1S/C20H19N5O3S/c1-2-5-16(6-3-1)25-19(24-8-11-26-12-9-24)21-22-20(25)29-14-15-13-18(28-23-15)17-7-4-10-27-17/h1-7,10,13H,8-9,11-12,14H2. The van der Waals surface area contributed by atoms with Crippen molar-refractivity contribution in [1.82, 2.24) is 19.9 Å². The van der Waals surface area contributed by atoms with Gasteiger partial charge in [-0.25, -0.2) is 0 Å². The SMILES string of the molecule is c1ccc(-n2c(SCc3cc(-c4ccco4)on3)nnc2N2CCOCC2)cc1. The predicted molar refractivity (Wildman–Crippen MR) is 108 cm³/mol. The lowest BCUT2D eigenvalue weighted by atomic mass is 10.3. The van der Waals surface area contributed by atoms with Crippen LogP contribution >= 0.6 is 11.8 Å². The summed E-state index contributed by atoms with van der Waals surface area (Å²) >= 11 is 1.57. The van der Waals surface area contributed by atoms with Crippen molar-refractivity contribution in [2.45, 2.75) is 10.9 Å². The summed E-state index contributed by atoms with van der Waals surface area (Å²) in [5.74, 6) is 2.72. The maximum Gasteiger partial charge on any atom is 0.232 e. The molecule has 9 heteroatoms. The summed E-state index contributed by atoms with van der Waals surface area (Å²) in [5, 5.41) is 13.9. The molecule has 0 aliphatic carbocycles. The van der Waals surface area contributed by atoms with Crippen molar-refractivity contribution in [3.63, 3.8) is 0 Å². The molecular weight excluding hydrogens is 390 g/mol. The van der Waals surface area contributed by atoms with E-state index in [0.717, 1.165) is 35.6 Å². The molecular formula is C20H19N5O3S. The zero-order valence-corrected chi connectivity index (χ0v) is 16.4. The summed E-state index contributed by atoms with van der Waals surface area (Å²) < 4.78 is 18.3. The van der Waals surface area contributed by atoms with E-state index < -0.39 is 0 Å². The van der Waals surface area contributed by atoms with E-state index in [0.29, 0.717) is 30.5 Å². The third-order valence-electron chi connectivity index (χ3n) is 4.60. The zero-order valence-electron chi connectivity index (χ0n) is 15.6. The number of benzene rings is 1. The number of thioether (sulfide) groups is 1. The lowest BCUT2D eigenvalue weighted by Gasteiger charge is -2.27. The highest BCUT2D eigenvalue weighted by Crippen LogP contribution is 2.30. The molecule has 148 valence electrons. The molecule has 0 bridgehead atoms. The van der Waals surface area contributed by atoms with Gasteiger partial charge in [-0.3, -0.25) is 4.57 Å². The Morgan fingerprint density at radius 3 is 2.62 bits per heavy atom. The number of nitrogens with zero attached hydrogens (tertiary/aromatic N) is 5. The Morgan fingerprint density at radius 2 is 1.83 bits per heavy atom. The molecule has 0 amide bonds. The molecule has 1 aliphatic heterocycles. The molecule has 0 spiro atoms. The summed E-state index contributed by atoms with van der Waals surface area (Å²) in [6.07, 6.45) is 1.61. The number of aromatic nitrogens is 4. The van der Waals surface area contributed by atoms with Crippen molar-refractivity contribution < 1.29 is 13.7 Å². The molecule has 29 heavy (non-hydrogen) atoms. The number of morpholine rings is 1. The molecule has 0 radical (unpaired) electrons. The number of rotatable bonds is 6. The van der Waals surface area contributed by atoms with Crippen molar-refractivity contribution >= 4 is 17.7 Å². The molecule has 3 aromatic heterocycles. The summed E-state index contributed by atoms with van der Waals surface area (Å²) in [7, 11) is 0. The molecule has 0 saturated carbocycles. The van der Waals surface area contributed by atoms with Crippen LogP contribution in [0.4, 0.5) is 5.95 Å². The Hall–Kier alpha value is -3.04. The fourth-order valence-corrected chi connectivity index (χ4v) is 4.01. The van der Waals surface area contributed by atoms with Gasteiger partial charge in [-0.1, -0.05) is 35.1 Å². The number of ether oxygens (including phenoxy) is 1. The lowest BCUT2D eigenvalue weighted by Crippen LogP contribution is -2.37.